The predicted octanol–water partition coefficient (Wildman–Crippen LogP) is -2.19. The molecule has 34 valence electrons. The van der Waals surface area contributed by atoms with Crippen molar-refractivity contribution in [1.29, 1.82) is 5.26 Å². The Morgan fingerprint density at radius 2 is 2.00 bits per heavy atom. The number of nitriles is 1. The molecule has 0 saturated heterocycles. The molecule has 0 rings (SSSR count). The monoisotopic (exact) mass is 95.0 g/mol. The molecule has 0 aliphatic heterocycles. The molecule has 0 aromatic rings. The van der Waals surface area contributed by atoms with Gasteiger partial charge in [0.15, 0.2) is 0 Å². The van der Waals surface area contributed by atoms with Crippen molar-refractivity contribution in [3.63, 3.8) is 0 Å². The molecule has 2 N–H and O–H groups in total. The third-order valence-corrected chi connectivity index (χ3v) is 0.158. The molecule has 0 heterocycles. The second-order valence-electron chi connectivity index (χ2n) is 0.535. The Balaban J connectivity index is 0. The van der Waals surface area contributed by atoms with Crippen LogP contribution in [0.1, 0.15) is 0 Å². The van der Waals surface area contributed by atoms with Crippen molar-refractivity contribution in [3.05, 3.63) is 0 Å². The molecule has 0 amide bonds. The fourth-order valence-electron chi connectivity index (χ4n) is 0.0471. The summed E-state index contributed by atoms with van der Waals surface area (Å²) >= 11 is 0. The predicted molar refractivity (Wildman–Crippen MR) is 24.0 cm³/mol. The zero-order valence-corrected chi connectivity index (χ0v) is 2.83. The van der Waals surface area contributed by atoms with Gasteiger partial charge in [-0.05, 0) is 0 Å². The molecule has 0 unspecified atom stereocenters. The second-order valence-corrected chi connectivity index (χ2v) is 0.535. The van der Waals surface area contributed by atoms with E-state index < -0.39 is 7.32 Å². The first-order valence-electron chi connectivity index (χ1n) is 1.18. The molecule has 0 aliphatic rings. The van der Waals surface area contributed by atoms with Gasteiger partial charge < -0.3 is 14.7 Å². The molecular formula is CH3BLiNO3. The molecule has 0 bridgehead atoms. The molecule has 0 radical (unpaired) electrons. The van der Waals surface area contributed by atoms with Crippen molar-refractivity contribution in [2.75, 3.05) is 0 Å². The number of hydrogen-bond donors (Lipinski definition) is 2. The van der Waals surface area contributed by atoms with Gasteiger partial charge in [0.1, 0.15) is 0 Å². The van der Waals surface area contributed by atoms with Crippen LogP contribution in [-0.4, -0.2) is 36.2 Å². The fraction of sp³-hybridized carbons (Fsp3) is 0. The standard InChI is InChI=1S/CH2BNO3.Li.H/c3-1-6-2(4)5;;/h4-5H;;. The van der Waals surface area contributed by atoms with Crippen LogP contribution < -0.4 is 0 Å². The van der Waals surface area contributed by atoms with E-state index in [0.29, 0.717) is 0 Å². The van der Waals surface area contributed by atoms with Crippen LogP contribution in [0.4, 0.5) is 0 Å². The van der Waals surface area contributed by atoms with E-state index in [9.17, 15) is 0 Å². The quantitative estimate of drug-likeness (QED) is 0.286. The zero-order chi connectivity index (χ0) is 4.99. The molecular weight excluding hydrogens is 91.8 g/mol. The minimum atomic E-state index is -1.96. The zero-order valence-electron chi connectivity index (χ0n) is 2.83. The van der Waals surface area contributed by atoms with Crippen molar-refractivity contribution in [3.8, 4) is 6.26 Å². The van der Waals surface area contributed by atoms with Crippen LogP contribution in [0.2, 0.25) is 0 Å². The van der Waals surface area contributed by atoms with Crippen molar-refractivity contribution in [1.82, 2.24) is 0 Å². The van der Waals surface area contributed by atoms with E-state index in [0.717, 1.165) is 6.26 Å². The first kappa shape index (κ1) is 9.98. The van der Waals surface area contributed by atoms with Gasteiger partial charge in [0.25, 0.3) is 6.26 Å². The summed E-state index contributed by atoms with van der Waals surface area (Å²) in [5, 5.41) is 22.8. The van der Waals surface area contributed by atoms with Gasteiger partial charge in [-0.2, -0.15) is 5.26 Å². The molecule has 0 spiro atoms. The topological polar surface area (TPSA) is 73.5 Å². The summed E-state index contributed by atoms with van der Waals surface area (Å²) in [4.78, 5) is 0. The van der Waals surface area contributed by atoms with Crippen LogP contribution >= 0.6 is 0 Å². The Hall–Kier alpha value is -0.128. The number of hydrogen-bond acceptors (Lipinski definition) is 4. The first-order valence-corrected chi connectivity index (χ1v) is 1.18. The SMILES string of the molecule is N#COB(O)O.[LiH]. The van der Waals surface area contributed by atoms with Crippen LogP contribution in [-0.2, 0) is 4.65 Å². The summed E-state index contributed by atoms with van der Waals surface area (Å²) in [5.41, 5.74) is 0. The number of nitrogens with zero attached hydrogens (tertiary/aromatic N) is 1. The van der Waals surface area contributed by atoms with Gasteiger partial charge in [0.05, 0.1) is 0 Å². The maximum atomic E-state index is 7.66. The Labute approximate surface area is 53.1 Å². The molecule has 0 aromatic carbocycles. The van der Waals surface area contributed by atoms with Crippen LogP contribution in [0.5, 0.6) is 0 Å². The molecule has 4 nitrogen and oxygen atoms in total. The van der Waals surface area contributed by atoms with E-state index >= 15 is 0 Å². The van der Waals surface area contributed by atoms with E-state index in [4.69, 9.17) is 15.3 Å². The van der Waals surface area contributed by atoms with Crippen LogP contribution in [0, 0.1) is 11.5 Å². The summed E-state index contributed by atoms with van der Waals surface area (Å²) in [7, 11) is -1.96. The second kappa shape index (κ2) is 5.87. The summed E-state index contributed by atoms with van der Waals surface area (Å²) in [5.74, 6) is 0. The molecule has 0 aliphatic carbocycles. The summed E-state index contributed by atoms with van der Waals surface area (Å²) in [6.45, 7) is 0. The molecule has 0 atom stereocenters. The van der Waals surface area contributed by atoms with Gasteiger partial charge in [0, 0.05) is 0 Å². The van der Waals surface area contributed by atoms with E-state index in [1.807, 2.05) is 0 Å². The van der Waals surface area contributed by atoms with Crippen LogP contribution in [0.15, 0.2) is 0 Å². The van der Waals surface area contributed by atoms with Crippen molar-refractivity contribution >= 4 is 26.2 Å². The summed E-state index contributed by atoms with van der Waals surface area (Å²) < 4.78 is 3.46. The van der Waals surface area contributed by atoms with Gasteiger partial charge >= 0.3 is 26.2 Å². The first-order chi connectivity index (χ1) is 2.77. The van der Waals surface area contributed by atoms with Gasteiger partial charge in [-0.3, -0.25) is 0 Å². The van der Waals surface area contributed by atoms with Crippen molar-refractivity contribution < 1.29 is 14.7 Å². The van der Waals surface area contributed by atoms with E-state index in [1.54, 1.807) is 0 Å². The van der Waals surface area contributed by atoms with Crippen LogP contribution in [0.25, 0.3) is 0 Å². The molecule has 0 saturated carbocycles. The third-order valence-electron chi connectivity index (χ3n) is 0.158. The molecule has 7 heavy (non-hydrogen) atoms. The van der Waals surface area contributed by atoms with Gasteiger partial charge in [0.2, 0.25) is 0 Å². The Bertz CT molecular complexity index is 69.8. The Kier molecular flexibility index (Phi) is 8.37. The van der Waals surface area contributed by atoms with E-state index in [-0.39, 0.29) is 18.9 Å². The van der Waals surface area contributed by atoms with E-state index in [1.165, 1.54) is 0 Å². The van der Waals surface area contributed by atoms with Crippen molar-refractivity contribution in [2.45, 2.75) is 0 Å². The minimum absolute atomic E-state index is 0. The van der Waals surface area contributed by atoms with Crippen molar-refractivity contribution in [2.24, 2.45) is 0 Å². The van der Waals surface area contributed by atoms with Gasteiger partial charge in [-0.25, -0.2) is 0 Å². The average Bonchev–Trinajstić information content (AvgIpc) is 1.35. The summed E-state index contributed by atoms with van der Waals surface area (Å²) in [6, 6.07) is 0. The normalized spacial score (nSPS) is 5.29. The van der Waals surface area contributed by atoms with Crippen LogP contribution in [0.3, 0.4) is 0 Å². The summed E-state index contributed by atoms with van der Waals surface area (Å²) in [6.07, 6.45) is 1.07. The molecule has 6 heteroatoms. The fourth-order valence-corrected chi connectivity index (χ4v) is 0.0471. The third kappa shape index (κ3) is 10.7. The Morgan fingerprint density at radius 3 is 2.00 bits per heavy atom. The number of rotatable bonds is 1. The average molecular weight is 94.8 g/mol. The molecule has 0 fully saturated rings. The molecule has 0 aromatic heterocycles. The Morgan fingerprint density at radius 1 is 1.57 bits per heavy atom. The maximum absolute atomic E-state index is 7.66. The van der Waals surface area contributed by atoms with Gasteiger partial charge in [-0.1, -0.05) is 0 Å². The van der Waals surface area contributed by atoms with Gasteiger partial charge in [-0.15, -0.1) is 0 Å². The van der Waals surface area contributed by atoms with E-state index in [2.05, 4.69) is 4.65 Å².